The number of rotatable bonds is 6. The van der Waals surface area contributed by atoms with Crippen LogP contribution in [0.4, 0.5) is 5.69 Å². The van der Waals surface area contributed by atoms with E-state index < -0.39 is 0 Å². The summed E-state index contributed by atoms with van der Waals surface area (Å²) in [6, 6.07) is 5.11. The van der Waals surface area contributed by atoms with Crippen molar-refractivity contribution in [2.24, 2.45) is 0 Å². The van der Waals surface area contributed by atoms with Crippen molar-refractivity contribution in [2.75, 3.05) is 39.0 Å². The molecule has 1 aromatic carbocycles. The molecule has 1 aliphatic heterocycles. The minimum Gasteiger partial charge on any atom is -0.497 e. The van der Waals surface area contributed by atoms with Crippen LogP contribution in [0.15, 0.2) is 18.2 Å². The van der Waals surface area contributed by atoms with Gasteiger partial charge in [0.15, 0.2) is 0 Å². The van der Waals surface area contributed by atoms with E-state index in [-0.39, 0.29) is 5.91 Å². The van der Waals surface area contributed by atoms with Gasteiger partial charge in [-0.15, -0.1) is 0 Å². The molecule has 0 unspecified atom stereocenters. The molecule has 0 aromatic heterocycles. The van der Waals surface area contributed by atoms with Crippen molar-refractivity contribution >= 4 is 11.6 Å². The Morgan fingerprint density at radius 3 is 2.80 bits per heavy atom. The third-order valence-corrected chi connectivity index (χ3v) is 3.64. The first kappa shape index (κ1) is 14.7. The maximum Gasteiger partial charge on any atom is 0.253 e. The molecule has 110 valence electrons. The van der Waals surface area contributed by atoms with Crippen molar-refractivity contribution in [2.45, 2.75) is 19.3 Å². The number of likely N-dealkylation sites (tertiary alicyclic amines) is 1. The number of hydrogen-bond donors (Lipinski definition) is 2. The van der Waals surface area contributed by atoms with Crippen LogP contribution in [0.3, 0.4) is 0 Å². The fourth-order valence-corrected chi connectivity index (χ4v) is 2.48. The highest BCUT2D eigenvalue weighted by Crippen LogP contribution is 2.19. The number of nitrogens with two attached hydrogens (primary N) is 1. The number of nitrogen functional groups attached to an aromatic ring is 1. The van der Waals surface area contributed by atoms with Gasteiger partial charge in [-0.3, -0.25) is 4.79 Å². The van der Waals surface area contributed by atoms with Crippen molar-refractivity contribution in [3.05, 3.63) is 23.8 Å². The lowest BCUT2D eigenvalue weighted by atomic mass is 10.1. The Bertz CT molecular complexity index is 456. The lowest BCUT2D eigenvalue weighted by Crippen LogP contribution is -2.29. The minimum absolute atomic E-state index is 0.119. The molecule has 0 atom stereocenters. The molecule has 0 bridgehead atoms. The molecule has 20 heavy (non-hydrogen) atoms. The highest BCUT2D eigenvalue weighted by molar-refractivity contribution is 5.99. The highest BCUT2D eigenvalue weighted by Gasteiger charge is 2.12. The molecular weight excluding hydrogens is 254 g/mol. The summed E-state index contributed by atoms with van der Waals surface area (Å²) in [6.07, 6.45) is 3.57. The lowest BCUT2D eigenvalue weighted by molar-refractivity contribution is 0.0953. The van der Waals surface area contributed by atoms with E-state index in [1.165, 1.54) is 25.9 Å². The van der Waals surface area contributed by atoms with E-state index in [1.54, 1.807) is 25.3 Å². The second kappa shape index (κ2) is 7.14. The molecule has 1 fully saturated rings. The molecule has 0 radical (unpaired) electrons. The molecule has 3 N–H and O–H groups in total. The monoisotopic (exact) mass is 277 g/mol. The minimum atomic E-state index is -0.119. The summed E-state index contributed by atoms with van der Waals surface area (Å²) in [6.45, 7) is 4.12. The summed E-state index contributed by atoms with van der Waals surface area (Å²) in [5.74, 6) is 0.541. The van der Waals surface area contributed by atoms with E-state index in [0.29, 0.717) is 23.5 Å². The summed E-state index contributed by atoms with van der Waals surface area (Å²) in [5.41, 5.74) is 6.80. The van der Waals surface area contributed by atoms with Crippen LogP contribution in [0.1, 0.15) is 29.6 Å². The van der Waals surface area contributed by atoms with Crippen LogP contribution in [0.2, 0.25) is 0 Å². The Morgan fingerprint density at radius 1 is 1.40 bits per heavy atom. The van der Waals surface area contributed by atoms with Crippen LogP contribution in [-0.2, 0) is 0 Å². The van der Waals surface area contributed by atoms with E-state index in [4.69, 9.17) is 10.5 Å². The number of carbonyl (C=O) groups excluding carboxylic acids is 1. The molecule has 0 aliphatic carbocycles. The maximum atomic E-state index is 12.0. The van der Waals surface area contributed by atoms with E-state index in [9.17, 15) is 4.79 Å². The number of carbonyl (C=O) groups is 1. The first-order valence-corrected chi connectivity index (χ1v) is 7.15. The lowest BCUT2D eigenvalue weighted by Gasteiger charge is -2.14. The second-order valence-electron chi connectivity index (χ2n) is 5.11. The summed E-state index contributed by atoms with van der Waals surface area (Å²) >= 11 is 0. The Kier molecular flexibility index (Phi) is 5.24. The molecule has 0 spiro atoms. The Hall–Kier alpha value is -1.75. The van der Waals surface area contributed by atoms with E-state index in [2.05, 4.69) is 10.2 Å². The van der Waals surface area contributed by atoms with Crippen molar-refractivity contribution in [3.63, 3.8) is 0 Å². The SMILES string of the molecule is COc1ccc(C(=O)NCCCN2CCCC2)c(N)c1. The second-order valence-corrected chi connectivity index (χ2v) is 5.11. The summed E-state index contributed by atoms with van der Waals surface area (Å²) < 4.78 is 5.07. The average molecular weight is 277 g/mol. The van der Waals surface area contributed by atoms with E-state index >= 15 is 0 Å². The fraction of sp³-hybridized carbons (Fsp3) is 0.533. The van der Waals surface area contributed by atoms with Crippen LogP contribution in [-0.4, -0.2) is 44.1 Å². The zero-order valence-corrected chi connectivity index (χ0v) is 12.0. The average Bonchev–Trinajstić information content (AvgIpc) is 2.96. The summed E-state index contributed by atoms with van der Waals surface area (Å²) in [5, 5.41) is 2.91. The van der Waals surface area contributed by atoms with E-state index in [1.807, 2.05) is 0 Å². The standard InChI is InChI=1S/C15H23N3O2/c1-20-12-5-6-13(14(16)11-12)15(19)17-7-4-10-18-8-2-3-9-18/h5-6,11H,2-4,7-10,16H2,1H3,(H,17,19). The van der Waals surface area contributed by atoms with Gasteiger partial charge in [-0.05, 0) is 51.0 Å². The molecule has 5 heteroatoms. The summed E-state index contributed by atoms with van der Waals surface area (Å²) in [7, 11) is 1.58. The zero-order chi connectivity index (χ0) is 14.4. The van der Waals surface area contributed by atoms with Gasteiger partial charge in [-0.25, -0.2) is 0 Å². The predicted octanol–water partition coefficient (Wildman–Crippen LogP) is 1.49. The van der Waals surface area contributed by atoms with Gasteiger partial charge in [0, 0.05) is 18.3 Å². The number of ether oxygens (including phenoxy) is 1. The van der Waals surface area contributed by atoms with Gasteiger partial charge < -0.3 is 20.7 Å². The highest BCUT2D eigenvalue weighted by atomic mass is 16.5. The molecule has 1 heterocycles. The zero-order valence-electron chi connectivity index (χ0n) is 12.0. The number of amides is 1. The molecule has 5 nitrogen and oxygen atoms in total. The number of nitrogens with zero attached hydrogens (tertiary/aromatic N) is 1. The first-order chi connectivity index (χ1) is 9.70. The maximum absolute atomic E-state index is 12.0. The Labute approximate surface area is 120 Å². The fourth-order valence-electron chi connectivity index (χ4n) is 2.48. The molecule has 1 saturated heterocycles. The van der Waals surface area contributed by atoms with Gasteiger partial charge in [-0.2, -0.15) is 0 Å². The molecule has 0 saturated carbocycles. The van der Waals surface area contributed by atoms with Crippen molar-refractivity contribution in [1.82, 2.24) is 10.2 Å². The van der Waals surface area contributed by atoms with Crippen LogP contribution in [0.5, 0.6) is 5.75 Å². The number of hydrogen-bond acceptors (Lipinski definition) is 4. The molecule has 1 aliphatic rings. The van der Waals surface area contributed by atoms with Gasteiger partial charge in [0.1, 0.15) is 5.75 Å². The number of methoxy groups -OCH3 is 1. The predicted molar refractivity (Wildman–Crippen MR) is 80.0 cm³/mol. The van der Waals surface area contributed by atoms with Crippen LogP contribution < -0.4 is 15.8 Å². The topological polar surface area (TPSA) is 67.6 Å². The smallest absolute Gasteiger partial charge is 0.253 e. The largest absolute Gasteiger partial charge is 0.497 e. The molecule has 1 amide bonds. The van der Waals surface area contributed by atoms with Crippen molar-refractivity contribution in [3.8, 4) is 5.75 Å². The quantitative estimate of drug-likeness (QED) is 0.611. The Balaban J connectivity index is 1.76. The number of benzene rings is 1. The normalized spacial score (nSPS) is 15.2. The third-order valence-electron chi connectivity index (χ3n) is 3.64. The number of anilines is 1. The molecule has 2 rings (SSSR count). The van der Waals surface area contributed by atoms with Gasteiger partial charge in [0.2, 0.25) is 0 Å². The first-order valence-electron chi connectivity index (χ1n) is 7.15. The van der Waals surface area contributed by atoms with Gasteiger partial charge in [0.05, 0.1) is 12.7 Å². The van der Waals surface area contributed by atoms with Crippen LogP contribution >= 0.6 is 0 Å². The summed E-state index contributed by atoms with van der Waals surface area (Å²) in [4.78, 5) is 14.5. The van der Waals surface area contributed by atoms with Crippen LogP contribution in [0.25, 0.3) is 0 Å². The molecule has 1 aromatic rings. The van der Waals surface area contributed by atoms with Gasteiger partial charge in [0.25, 0.3) is 5.91 Å². The van der Waals surface area contributed by atoms with Gasteiger partial charge in [-0.1, -0.05) is 0 Å². The van der Waals surface area contributed by atoms with E-state index in [0.717, 1.165) is 13.0 Å². The Morgan fingerprint density at radius 2 is 2.15 bits per heavy atom. The van der Waals surface area contributed by atoms with Crippen LogP contribution in [0, 0.1) is 0 Å². The van der Waals surface area contributed by atoms with Gasteiger partial charge >= 0.3 is 0 Å². The number of nitrogens with one attached hydrogen (secondary N) is 1. The third kappa shape index (κ3) is 3.87. The van der Waals surface area contributed by atoms with Crippen molar-refractivity contribution in [1.29, 1.82) is 0 Å². The van der Waals surface area contributed by atoms with Crippen molar-refractivity contribution < 1.29 is 9.53 Å². The molecular formula is C15H23N3O2.